The Bertz CT molecular complexity index is 340. The van der Waals surface area contributed by atoms with Gasteiger partial charge in [-0.2, -0.15) is 4.73 Å². The summed E-state index contributed by atoms with van der Waals surface area (Å²) in [5, 5.41) is 21.2. The molecule has 0 atom stereocenters. The highest BCUT2D eigenvalue weighted by Gasteiger charge is 2.22. The first kappa shape index (κ1) is 8.73. The van der Waals surface area contributed by atoms with Crippen LogP contribution in [0.1, 0.15) is 5.69 Å². The quantitative estimate of drug-likeness (QED) is 0.288. The van der Waals surface area contributed by atoms with Crippen LogP contribution >= 0.6 is 11.6 Å². The maximum atomic E-state index is 10.9. The van der Waals surface area contributed by atoms with Gasteiger partial charge in [0, 0.05) is 13.0 Å². The van der Waals surface area contributed by atoms with E-state index in [1.54, 1.807) is 0 Å². The van der Waals surface area contributed by atoms with Gasteiger partial charge in [0.15, 0.2) is 6.20 Å². The molecule has 0 aliphatic heterocycles. The van der Waals surface area contributed by atoms with E-state index in [4.69, 9.17) is 11.6 Å². The van der Waals surface area contributed by atoms with Crippen LogP contribution in [0, 0.1) is 22.2 Å². The van der Waals surface area contributed by atoms with Crippen molar-refractivity contribution in [2.24, 2.45) is 0 Å². The fourth-order valence-corrected chi connectivity index (χ4v) is 1.08. The van der Waals surface area contributed by atoms with E-state index in [0.717, 1.165) is 6.20 Å². The van der Waals surface area contributed by atoms with Crippen LogP contribution in [0.25, 0.3) is 0 Å². The number of pyridine rings is 1. The first-order valence-corrected chi connectivity index (χ1v) is 3.44. The van der Waals surface area contributed by atoms with E-state index in [1.165, 1.54) is 13.0 Å². The topological polar surface area (TPSA) is 70.1 Å². The van der Waals surface area contributed by atoms with E-state index < -0.39 is 4.92 Å². The van der Waals surface area contributed by atoms with Crippen molar-refractivity contribution in [1.82, 2.24) is 0 Å². The van der Waals surface area contributed by atoms with E-state index >= 15 is 0 Å². The third-order valence-electron chi connectivity index (χ3n) is 1.44. The van der Waals surface area contributed by atoms with E-state index in [0.29, 0.717) is 4.73 Å². The minimum atomic E-state index is -0.675. The molecule has 0 saturated carbocycles. The Hall–Kier alpha value is -1.36. The highest BCUT2D eigenvalue weighted by molar-refractivity contribution is 6.32. The van der Waals surface area contributed by atoms with Crippen molar-refractivity contribution in [3.8, 4) is 0 Å². The fraction of sp³-hybridized carbons (Fsp3) is 0.167. The summed E-state index contributed by atoms with van der Waals surface area (Å²) in [6.45, 7) is 1.34. The van der Waals surface area contributed by atoms with E-state index in [-0.39, 0.29) is 16.4 Å². The highest BCUT2D eigenvalue weighted by Crippen LogP contribution is 2.24. The molecule has 0 spiro atoms. The number of halogens is 1. The molecule has 0 N–H and O–H groups in total. The molecule has 1 rings (SSSR count). The summed E-state index contributed by atoms with van der Waals surface area (Å²) in [7, 11) is 0. The van der Waals surface area contributed by atoms with Gasteiger partial charge in [0.1, 0.15) is 5.02 Å². The predicted octanol–water partition coefficient (Wildman–Crippen LogP) is 1.19. The molecule has 6 heteroatoms. The monoisotopic (exact) mass is 188 g/mol. The molecule has 0 unspecified atom stereocenters. The number of hydrogen-bond donors (Lipinski definition) is 0. The molecule has 0 aliphatic rings. The highest BCUT2D eigenvalue weighted by atomic mass is 35.5. The van der Waals surface area contributed by atoms with E-state index in [2.05, 4.69) is 0 Å². The molecule has 0 radical (unpaired) electrons. The molecule has 0 aromatic carbocycles. The van der Waals surface area contributed by atoms with Gasteiger partial charge in [-0.3, -0.25) is 10.1 Å². The lowest BCUT2D eigenvalue weighted by molar-refractivity contribution is -0.616. The molecule has 0 aliphatic carbocycles. The average molecular weight is 189 g/mol. The van der Waals surface area contributed by atoms with Crippen LogP contribution in [-0.4, -0.2) is 4.92 Å². The lowest BCUT2D eigenvalue weighted by atomic mass is 10.3. The van der Waals surface area contributed by atoms with Crippen molar-refractivity contribution in [2.75, 3.05) is 0 Å². The van der Waals surface area contributed by atoms with Gasteiger partial charge in [-0.05, 0) is 0 Å². The van der Waals surface area contributed by atoms with Gasteiger partial charge in [0.05, 0.1) is 4.92 Å². The zero-order chi connectivity index (χ0) is 9.30. The van der Waals surface area contributed by atoms with Crippen LogP contribution < -0.4 is 4.73 Å². The number of aromatic nitrogens is 1. The SMILES string of the molecule is Cc1c([N+](=O)[O-])c(Cl)cc[n+]1[O-]. The Kier molecular flexibility index (Phi) is 2.14. The van der Waals surface area contributed by atoms with Crippen LogP contribution in [-0.2, 0) is 0 Å². The molecular weight excluding hydrogens is 184 g/mol. The molecule has 0 saturated heterocycles. The Morgan fingerprint density at radius 1 is 1.67 bits per heavy atom. The second-order valence-corrected chi connectivity index (χ2v) is 2.59. The second kappa shape index (κ2) is 2.94. The molecule has 0 amide bonds. The summed E-state index contributed by atoms with van der Waals surface area (Å²) in [6.07, 6.45) is 1.13. The average Bonchev–Trinajstić information content (AvgIpc) is 1.97. The molecule has 0 bridgehead atoms. The van der Waals surface area contributed by atoms with Gasteiger partial charge < -0.3 is 5.21 Å². The van der Waals surface area contributed by atoms with Gasteiger partial charge in [-0.1, -0.05) is 11.6 Å². The lowest BCUT2D eigenvalue weighted by Gasteiger charge is -2.00. The number of nitro groups is 1. The Morgan fingerprint density at radius 2 is 2.25 bits per heavy atom. The number of rotatable bonds is 1. The summed E-state index contributed by atoms with van der Waals surface area (Å²) >= 11 is 5.50. The molecule has 1 aromatic rings. The summed E-state index contributed by atoms with van der Waals surface area (Å²) in [5.74, 6) is 0. The van der Waals surface area contributed by atoms with Gasteiger partial charge in [-0.25, -0.2) is 0 Å². The first-order chi connectivity index (χ1) is 5.54. The maximum Gasteiger partial charge on any atom is 0.354 e. The largest absolute Gasteiger partial charge is 0.618 e. The van der Waals surface area contributed by atoms with Gasteiger partial charge >= 0.3 is 5.69 Å². The Balaban J connectivity index is 3.43. The van der Waals surface area contributed by atoms with Crippen molar-refractivity contribution in [3.63, 3.8) is 0 Å². The van der Waals surface area contributed by atoms with Crippen LogP contribution in [0.15, 0.2) is 12.3 Å². The standard InChI is InChI=1S/C6H5ClN2O3/c1-4-6(9(11)12)5(7)2-3-8(4)10/h2-3H,1H3. The molecule has 5 nitrogen and oxygen atoms in total. The smallest absolute Gasteiger partial charge is 0.354 e. The summed E-state index contributed by atoms with van der Waals surface area (Å²) in [6, 6.07) is 1.19. The van der Waals surface area contributed by atoms with Gasteiger partial charge in [0.25, 0.3) is 5.69 Å². The summed E-state index contributed by atoms with van der Waals surface area (Å²) < 4.78 is 0.407. The third kappa shape index (κ3) is 1.31. The Morgan fingerprint density at radius 3 is 2.67 bits per heavy atom. The van der Waals surface area contributed by atoms with Gasteiger partial charge in [0.2, 0.25) is 0 Å². The molecule has 1 aromatic heterocycles. The molecule has 1 heterocycles. The maximum absolute atomic E-state index is 10.9. The van der Waals surface area contributed by atoms with Crippen molar-refractivity contribution in [3.05, 3.63) is 38.3 Å². The third-order valence-corrected chi connectivity index (χ3v) is 1.74. The number of nitrogens with zero attached hydrogens (tertiary/aromatic N) is 2. The molecule has 12 heavy (non-hydrogen) atoms. The van der Waals surface area contributed by atoms with Crippen molar-refractivity contribution in [1.29, 1.82) is 0 Å². The van der Waals surface area contributed by atoms with Crippen molar-refractivity contribution < 1.29 is 9.65 Å². The second-order valence-electron chi connectivity index (χ2n) is 2.18. The molecule has 64 valence electrons. The van der Waals surface area contributed by atoms with Crippen LogP contribution in [0.5, 0.6) is 0 Å². The van der Waals surface area contributed by atoms with E-state index in [9.17, 15) is 15.3 Å². The van der Waals surface area contributed by atoms with Gasteiger partial charge in [-0.15, -0.1) is 0 Å². The molecule has 0 fully saturated rings. The minimum Gasteiger partial charge on any atom is -0.618 e. The van der Waals surface area contributed by atoms with Crippen molar-refractivity contribution in [2.45, 2.75) is 6.92 Å². The molecular formula is C6H5ClN2O3. The zero-order valence-electron chi connectivity index (χ0n) is 6.15. The van der Waals surface area contributed by atoms with Crippen LogP contribution in [0.3, 0.4) is 0 Å². The normalized spacial score (nSPS) is 9.83. The summed E-state index contributed by atoms with van der Waals surface area (Å²) in [4.78, 5) is 9.69. The van der Waals surface area contributed by atoms with Crippen LogP contribution in [0.2, 0.25) is 5.02 Å². The lowest BCUT2D eigenvalue weighted by Crippen LogP contribution is -2.30. The predicted molar refractivity (Wildman–Crippen MR) is 41.8 cm³/mol. The van der Waals surface area contributed by atoms with Crippen LogP contribution in [0.4, 0.5) is 5.69 Å². The Labute approximate surface area is 72.9 Å². The number of hydrogen-bond acceptors (Lipinski definition) is 3. The zero-order valence-corrected chi connectivity index (χ0v) is 6.91. The van der Waals surface area contributed by atoms with Crippen molar-refractivity contribution >= 4 is 17.3 Å². The minimum absolute atomic E-state index is 0.00694. The summed E-state index contributed by atoms with van der Waals surface area (Å²) in [5.41, 5.74) is -0.346. The first-order valence-electron chi connectivity index (χ1n) is 3.06. The fourth-order valence-electron chi connectivity index (χ4n) is 0.820. The van der Waals surface area contributed by atoms with E-state index in [1.807, 2.05) is 0 Å².